The summed E-state index contributed by atoms with van der Waals surface area (Å²) >= 11 is 0. The van der Waals surface area contributed by atoms with Crippen LogP contribution >= 0.6 is 0 Å². The predicted octanol–water partition coefficient (Wildman–Crippen LogP) is 4.77. The fourth-order valence-electron chi connectivity index (χ4n) is 3.73. The summed E-state index contributed by atoms with van der Waals surface area (Å²) in [6.45, 7) is 2.05. The Labute approximate surface area is 154 Å². The van der Waals surface area contributed by atoms with E-state index in [1.807, 2.05) is 43.3 Å². The van der Waals surface area contributed by atoms with Gasteiger partial charge in [0.15, 0.2) is 6.61 Å². The van der Waals surface area contributed by atoms with Crippen molar-refractivity contribution in [3.63, 3.8) is 0 Å². The molecule has 0 saturated heterocycles. The van der Waals surface area contributed by atoms with Crippen LogP contribution in [-0.2, 0) is 9.53 Å². The van der Waals surface area contributed by atoms with Crippen LogP contribution in [0.3, 0.4) is 0 Å². The summed E-state index contributed by atoms with van der Waals surface area (Å²) in [5.74, 6) is 0.997. The van der Waals surface area contributed by atoms with Crippen molar-refractivity contribution in [2.45, 2.75) is 44.9 Å². The van der Waals surface area contributed by atoms with Crippen LogP contribution in [0.5, 0.6) is 0 Å². The third-order valence-corrected chi connectivity index (χ3v) is 5.27. The smallest absolute Gasteiger partial charge is 0.285 e. The lowest BCUT2D eigenvalue weighted by Gasteiger charge is -2.25. The van der Waals surface area contributed by atoms with Crippen molar-refractivity contribution in [3.8, 4) is 0 Å². The number of nitrogens with zero attached hydrogens (tertiary/aromatic N) is 2. The Bertz CT molecular complexity index is 803. The Kier molecular flexibility index (Phi) is 4.74. The summed E-state index contributed by atoms with van der Waals surface area (Å²) in [4.78, 5) is 12.3. The Morgan fingerprint density at radius 2 is 1.65 bits per heavy atom. The van der Waals surface area contributed by atoms with Crippen LogP contribution in [0, 0.1) is 6.92 Å². The Hall–Kier alpha value is -2.62. The number of hydrazone groups is 1. The molecular weight excluding hydrogens is 324 g/mol. The van der Waals surface area contributed by atoms with Crippen LogP contribution < -0.4 is 5.01 Å². The van der Waals surface area contributed by atoms with E-state index in [2.05, 4.69) is 17.2 Å². The van der Waals surface area contributed by atoms with E-state index in [0.717, 1.165) is 11.3 Å². The Morgan fingerprint density at radius 3 is 2.35 bits per heavy atom. The van der Waals surface area contributed by atoms with Gasteiger partial charge < -0.3 is 4.74 Å². The van der Waals surface area contributed by atoms with Crippen molar-refractivity contribution in [1.29, 1.82) is 0 Å². The standard InChI is InChI=1S/C22H24N2O2/c1-16-7-9-19(10-8-16)22-23-24(21(25)15-26-22)20-13-11-18(12-14-20)17-5-3-2-4-6-17/h7-14,17H,2-6,15H2,1H3. The van der Waals surface area contributed by atoms with E-state index < -0.39 is 0 Å². The van der Waals surface area contributed by atoms with E-state index in [-0.39, 0.29) is 12.5 Å². The van der Waals surface area contributed by atoms with Crippen molar-refractivity contribution in [2.75, 3.05) is 11.6 Å². The lowest BCUT2D eigenvalue weighted by atomic mass is 9.84. The number of carbonyl (C=O) groups excluding carboxylic acids is 1. The zero-order chi connectivity index (χ0) is 17.9. The lowest BCUT2D eigenvalue weighted by Crippen LogP contribution is -2.36. The molecule has 1 heterocycles. The summed E-state index contributed by atoms with van der Waals surface area (Å²) in [6.07, 6.45) is 6.53. The number of ether oxygens (including phenoxy) is 1. The molecule has 1 aliphatic heterocycles. The maximum atomic E-state index is 12.3. The second-order valence-electron chi connectivity index (χ2n) is 7.19. The molecule has 4 nitrogen and oxygen atoms in total. The first-order valence-corrected chi connectivity index (χ1v) is 9.42. The predicted molar refractivity (Wildman–Crippen MR) is 103 cm³/mol. The van der Waals surface area contributed by atoms with E-state index in [9.17, 15) is 4.79 Å². The molecule has 0 aromatic heterocycles. The second-order valence-corrected chi connectivity index (χ2v) is 7.19. The highest BCUT2D eigenvalue weighted by Gasteiger charge is 2.24. The average molecular weight is 348 g/mol. The SMILES string of the molecule is Cc1ccc(C2=NN(c3ccc(C4CCCCC4)cc3)C(=O)CO2)cc1. The van der Waals surface area contributed by atoms with Gasteiger partial charge in [0.1, 0.15) is 0 Å². The summed E-state index contributed by atoms with van der Waals surface area (Å²) in [5.41, 5.74) is 4.22. The van der Waals surface area contributed by atoms with Gasteiger partial charge in [-0.15, -0.1) is 5.10 Å². The van der Waals surface area contributed by atoms with E-state index in [1.54, 1.807) is 0 Å². The zero-order valence-corrected chi connectivity index (χ0v) is 15.1. The maximum absolute atomic E-state index is 12.3. The first-order valence-electron chi connectivity index (χ1n) is 9.42. The molecule has 0 N–H and O–H groups in total. The molecule has 134 valence electrons. The number of anilines is 1. The van der Waals surface area contributed by atoms with Crippen molar-refractivity contribution in [2.24, 2.45) is 5.10 Å². The third-order valence-electron chi connectivity index (χ3n) is 5.27. The minimum Gasteiger partial charge on any atom is -0.466 e. The summed E-state index contributed by atoms with van der Waals surface area (Å²) in [5, 5.41) is 5.92. The average Bonchev–Trinajstić information content (AvgIpc) is 2.70. The minimum atomic E-state index is -0.147. The molecular formula is C22H24N2O2. The van der Waals surface area contributed by atoms with E-state index >= 15 is 0 Å². The van der Waals surface area contributed by atoms with Crippen LogP contribution in [0.25, 0.3) is 0 Å². The molecule has 2 aromatic rings. The molecule has 2 aliphatic rings. The number of amides is 1. The Balaban J connectivity index is 1.57. The number of benzene rings is 2. The largest absolute Gasteiger partial charge is 0.466 e. The molecule has 26 heavy (non-hydrogen) atoms. The molecule has 0 atom stereocenters. The molecule has 2 aromatic carbocycles. The van der Waals surface area contributed by atoms with Gasteiger partial charge in [0, 0.05) is 5.56 Å². The molecule has 4 heteroatoms. The molecule has 1 aliphatic carbocycles. The molecule has 0 spiro atoms. The molecule has 1 saturated carbocycles. The zero-order valence-electron chi connectivity index (χ0n) is 15.1. The highest BCUT2D eigenvalue weighted by molar-refractivity contribution is 6.04. The number of rotatable bonds is 3. The normalized spacial score (nSPS) is 18.4. The van der Waals surface area contributed by atoms with Crippen LogP contribution in [-0.4, -0.2) is 18.4 Å². The van der Waals surface area contributed by atoms with Gasteiger partial charge in [-0.2, -0.15) is 5.01 Å². The van der Waals surface area contributed by atoms with Crippen molar-refractivity contribution < 1.29 is 9.53 Å². The minimum absolute atomic E-state index is 0.0110. The monoisotopic (exact) mass is 348 g/mol. The molecule has 0 unspecified atom stereocenters. The second kappa shape index (κ2) is 7.32. The Morgan fingerprint density at radius 1 is 0.962 bits per heavy atom. The number of hydrogen-bond donors (Lipinski definition) is 0. The molecule has 0 radical (unpaired) electrons. The maximum Gasteiger partial charge on any atom is 0.285 e. The summed E-state index contributed by atoms with van der Waals surface area (Å²) in [6, 6.07) is 16.3. The van der Waals surface area contributed by atoms with Crippen LogP contribution in [0.2, 0.25) is 0 Å². The van der Waals surface area contributed by atoms with Gasteiger partial charge in [0.05, 0.1) is 5.69 Å². The topological polar surface area (TPSA) is 41.9 Å². The van der Waals surface area contributed by atoms with Gasteiger partial charge in [0.2, 0.25) is 5.90 Å². The summed E-state index contributed by atoms with van der Waals surface area (Å²) in [7, 11) is 0. The van der Waals surface area contributed by atoms with E-state index in [1.165, 1.54) is 48.2 Å². The number of hydrogen-bond acceptors (Lipinski definition) is 3. The molecule has 1 fully saturated rings. The molecule has 0 bridgehead atoms. The fourth-order valence-corrected chi connectivity index (χ4v) is 3.73. The van der Waals surface area contributed by atoms with Gasteiger partial charge in [-0.25, -0.2) is 0 Å². The van der Waals surface area contributed by atoms with Gasteiger partial charge >= 0.3 is 0 Å². The van der Waals surface area contributed by atoms with Gasteiger partial charge in [-0.05, 0) is 55.5 Å². The number of carbonyl (C=O) groups is 1. The van der Waals surface area contributed by atoms with Gasteiger partial charge in [-0.1, -0.05) is 49.1 Å². The third kappa shape index (κ3) is 3.50. The van der Waals surface area contributed by atoms with Gasteiger partial charge in [0.25, 0.3) is 5.91 Å². The van der Waals surface area contributed by atoms with Crippen molar-refractivity contribution in [1.82, 2.24) is 0 Å². The van der Waals surface area contributed by atoms with Crippen LogP contribution in [0.4, 0.5) is 5.69 Å². The first kappa shape index (κ1) is 16.8. The highest BCUT2D eigenvalue weighted by Crippen LogP contribution is 2.33. The first-order chi connectivity index (χ1) is 12.7. The molecule has 4 rings (SSSR count). The molecule has 1 amide bonds. The quantitative estimate of drug-likeness (QED) is 0.802. The number of aryl methyl sites for hydroxylation is 1. The summed E-state index contributed by atoms with van der Waals surface area (Å²) < 4.78 is 5.55. The van der Waals surface area contributed by atoms with Crippen LogP contribution in [0.15, 0.2) is 53.6 Å². The van der Waals surface area contributed by atoms with Crippen molar-refractivity contribution >= 4 is 17.5 Å². The van der Waals surface area contributed by atoms with Crippen LogP contribution in [0.1, 0.15) is 54.7 Å². The van der Waals surface area contributed by atoms with Crippen molar-refractivity contribution in [3.05, 3.63) is 65.2 Å². The lowest BCUT2D eigenvalue weighted by molar-refractivity contribution is -0.121. The fraction of sp³-hybridized carbons (Fsp3) is 0.364. The highest BCUT2D eigenvalue weighted by atomic mass is 16.5. The van der Waals surface area contributed by atoms with Gasteiger partial charge in [-0.3, -0.25) is 4.79 Å². The van der Waals surface area contributed by atoms with E-state index in [4.69, 9.17) is 4.74 Å². The van der Waals surface area contributed by atoms with E-state index in [0.29, 0.717) is 11.8 Å².